The number of hydrogen-bond acceptors (Lipinski definition) is 3. The second-order valence-electron chi connectivity index (χ2n) is 6.01. The Morgan fingerprint density at radius 1 is 0.792 bits per heavy atom. The van der Waals surface area contributed by atoms with Gasteiger partial charge in [0.05, 0.1) is 6.10 Å². The smallest absolute Gasteiger partial charge is 0.127 e. The van der Waals surface area contributed by atoms with Gasteiger partial charge in [0.1, 0.15) is 24.2 Å². The largest absolute Gasteiger partial charge is 0.490 e. The molecule has 0 spiro atoms. The molecule has 0 radical (unpaired) electrons. The molecule has 3 heteroatoms. The van der Waals surface area contributed by atoms with E-state index in [1.807, 2.05) is 80.6 Å². The van der Waals surface area contributed by atoms with Crippen LogP contribution in [0.25, 0.3) is 10.8 Å². The van der Waals surface area contributed by atoms with Gasteiger partial charge in [0.2, 0.25) is 0 Å². The first-order chi connectivity index (χ1) is 11.6. The lowest BCUT2D eigenvalue weighted by Gasteiger charge is -2.17. The van der Waals surface area contributed by atoms with Crippen LogP contribution in [0.3, 0.4) is 0 Å². The van der Waals surface area contributed by atoms with Crippen LogP contribution in [0, 0.1) is 0 Å². The summed E-state index contributed by atoms with van der Waals surface area (Å²) in [5.74, 6) is 1.59. The first-order valence-electron chi connectivity index (χ1n) is 8.19. The minimum absolute atomic E-state index is 0.111. The number of aliphatic hydroxyl groups is 1. The van der Waals surface area contributed by atoms with Gasteiger partial charge in [-0.25, -0.2) is 0 Å². The summed E-state index contributed by atoms with van der Waals surface area (Å²) in [4.78, 5) is 0. The molecule has 0 amide bonds. The fourth-order valence-corrected chi connectivity index (χ4v) is 2.67. The molecular formula is C21H22O3. The van der Waals surface area contributed by atoms with E-state index in [1.165, 1.54) is 0 Å². The van der Waals surface area contributed by atoms with Crippen LogP contribution in [-0.2, 0) is 0 Å². The van der Waals surface area contributed by atoms with Crippen LogP contribution in [-0.4, -0.2) is 17.8 Å². The van der Waals surface area contributed by atoms with E-state index in [0.717, 1.165) is 27.8 Å². The number of benzene rings is 3. The third-order valence-corrected chi connectivity index (χ3v) is 3.79. The predicted molar refractivity (Wildman–Crippen MR) is 96.6 cm³/mol. The number of aliphatic hydroxyl groups excluding tert-OH is 1. The Kier molecular flexibility index (Phi) is 5.02. The highest BCUT2D eigenvalue weighted by atomic mass is 16.5. The Morgan fingerprint density at radius 2 is 1.38 bits per heavy atom. The zero-order chi connectivity index (χ0) is 16.9. The van der Waals surface area contributed by atoms with Crippen LogP contribution in [0.15, 0.2) is 66.7 Å². The van der Waals surface area contributed by atoms with Crippen molar-refractivity contribution in [3.8, 4) is 11.5 Å². The maximum absolute atomic E-state index is 10.3. The summed E-state index contributed by atoms with van der Waals surface area (Å²) in [6.07, 6.45) is -0.545. The van der Waals surface area contributed by atoms with E-state index in [2.05, 4.69) is 0 Å². The first kappa shape index (κ1) is 16.3. The van der Waals surface area contributed by atoms with Crippen LogP contribution in [0.5, 0.6) is 11.5 Å². The molecule has 24 heavy (non-hydrogen) atoms. The van der Waals surface area contributed by atoms with E-state index in [-0.39, 0.29) is 12.7 Å². The van der Waals surface area contributed by atoms with Gasteiger partial charge in [0.15, 0.2) is 0 Å². The predicted octanol–water partition coefficient (Wildman–Crippen LogP) is 4.74. The quantitative estimate of drug-likeness (QED) is 0.712. The molecule has 1 atom stereocenters. The van der Waals surface area contributed by atoms with Gasteiger partial charge < -0.3 is 14.6 Å². The average Bonchev–Trinajstić information content (AvgIpc) is 2.61. The third kappa shape index (κ3) is 3.69. The summed E-state index contributed by atoms with van der Waals surface area (Å²) >= 11 is 0. The minimum atomic E-state index is -0.656. The maximum Gasteiger partial charge on any atom is 0.127 e. The lowest BCUT2D eigenvalue weighted by molar-refractivity contribution is 0.109. The molecule has 3 nitrogen and oxygen atoms in total. The lowest BCUT2D eigenvalue weighted by Crippen LogP contribution is -2.10. The topological polar surface area (TPSA) is 38.7 Å². The molecule has 0 bridgehead atoms. The molecule has 0 aliphatic rings. The van der Waals surface area contributed by atoms with Gasteiger partial charge >= 0.3 is 0 Å². The molecule has 1 N–H and O–H groups in total. The van der Waals surface area contributed by atoms with Crippen molar-refractivity contribution in [3.05, 3.63) is 72.3 Å². The molecule has 0 aliphatic carbocycles. The summed E-state index contributed by atoms with van der Waals surface area (Å²) in [6, 6.07) is 21.3. The van der Waals surface area contributed by atoms with Gasteiger partial charge in [0, 0.05) is 10.8 Å². The van der Waals surface area contributed by atoms with Crippen LogP contribution in [0.2, 0.25) is 0 Å². The van der Waals surface area contributed by atoms with Crippen molar-refractivity contribution in [2.75, 3.05) is 6.61 Å². The molecule has 0 aliphatic heterocycles. The standard InChI is InChI=1S/C21H22O3/c1-15(2)24-21-13-12-20(17-10-6-7-11-18(17)21)23-14-19(22)16-8-4-3-5-9-16/h3-13,15,19,22H,14H2,1-2H3. The van der Waals surface area contributed by atoms with Crippen molar-refractivity contribution in [1.29, 1.82) is 0 Å². The Morgan fingerprint density at radius 3 is 2.04 bits per heavy atom. The van der Waals surface area contributed by atoms with Crippen molar-refractivity contribution in [2.45, 2.75) is 26.1 Å². The highest BCUT2D eigenvalue weighted by Gasteiger charge is 2.12. The highest BCUT2D eigenvalue weighted by Crippen LogP contribution is 2.34. The van der Waals surface area contributed by atoms with Gasteiger partial charge in [-0.15, -0.1) is 0 Å². The summed E-state index contributed by atoms with van der Waals surface area (Å²) in [7, 11) is 0. The number of hydrogen-bond donors (Lipinski definition) is 1. The zero-order valence-corrected chi connectivity index (χ0v) is 14.0. The molecule has 0 saturated heterocycles. The summed E-state index contributed by atoms with van der Waals surface area (Å²) in [6.45, 7) is 4.23. The van der Waals surface area contributed by atoms with Gasteiger partial charge in [-0.3, -0.25) is 0 Å². The summed E-state index contributed by atoms with van der Waals surface area (Å²) < 4.78 is 11.8. The van der Waals surface area contributed by atoms with Gasteiger partial charge in [0.25, 0.3) is 0 Å². The van der Waals surface area contributed by atoms with Crippen LogP contribution in [0.1, 0.15) is 25.5 Å². The molecule has 0 heterocycles. The second-order valence-corrected chi connectivity index (χ2v) is 6.01. The van der Waals surface area contributed by atoms with Crippen LogP contribution >= 0.6 is 0 Å². The average molecular weight is 322 g/mol. The SMILES string of the molecule is CC(C)Oc1ccc(OCC(O)c2ccccc2)c2ccccc12. The molecule has 0 aromatic heterocycles. The molecule has 3 aromatic rings. The molecule has 3 rings (SSSR count). The fraction of sp³-hybridized carbons (Fsp3) is 0.238. The molecule has 0 saturated carbocycles. The Bertz CT molecular complexity index is 797. The van der Waals surface area contributed by atoms with E-state index in [1.54, 1.807) is 0 Å². The molecule has 0 fully saturated rings. The maximum atomic E-state index is 10.3. The summed E-state index contributed by atoms with van der Waals surface area (Å²) in [5.41, 5.74) is 0.849. The van der Waals surface area contributed by atoms with Gasteiger partial charge in [-0.1, -0.05) is 54.6 Å². The zero-order valence-electron chi connectivity index (χ0n) is 14.0. The van der Waals surface area contributed by atoms with E-state index >= 15 is 0 Å². The number of ether oxygens (including phenoxy) is 2. The molecule has 124 valence electrons. The van der Waals surface area contributed by atoms with E-state index in [0.29, 0.717) is 0 Å². The fourth-order valence-electron chi connectivity index (χ4n) is 2.67. The number of fused-ring (bicyclic) bond motifs is 1. The normalized spacial score (nSPS) is 12.3. The minimum Gasteiger partial charge on any atom is -0.490 e. The van der Waals surface area contributed by atoms with Crippen molar-refractivity contribution in [1.82, 2.24) is 0 Å². The Hall–Kier alpha value is -2.52. The Balaban J connectivity index is 1.83. The van der Waals surface area contributed by atoms with Crippen molar-refractivity contribution in [3.63, 3.8) is 0 Å². The lowest BCUT2D eigenvalue weighted by atomic mass is 10.1. The van der Waals surface area contributed by atoms with Crippen molar-refractivity contribution in [2.24, 2.45) is 0 Å². The van der Waals surface area contributed by atoms with Gasteiger partial charge in [-0.05, 0) is 31.5 Å². The van der Waals surface area contributed by atoms with Crippen molar-refractivity contribution >= 4 is 10.8 Å². The molecule has 1 unspecified atom stereocenters. The number of rotatable bonds is 6. The highest BCUT2D eigenvalue weighted by molar-refractivity contribution is 5.93. The first-order valence-corrected chi connectivity index (χ1v) is 8.19. The molecule has 3 aromatic carbocycles. The summed E-state index contributed by atoms with van der Waals surface area (Å²) in [5, 5.41) is 12.3. The van der Waals surface area contributed by atoms with E-state index in [9.17, 15) is 5.11 Å². The van der Waals surface area contributed by atoms with Crippen molar-refractivity contribution < 1.29 is 14.6 Å². The monoisotopic (exact) mass is 322 g/mol. The second kappa shape index (κ2) is 7.37. The van der Waals surface area contributed by atoms with Crippen LogP contribution < -0.4 is 9.47 Å². The van der Waals surface area contributed by atoms with Crippen LogP contribution in [0.4, 0.5) is 0 Å². The van der Waals surface area contributed by atoms with E-state index < -0.39 is 6.10 Å². The molecular weight excluding hydrogens is 300 g/mol. The Labute approximate surface area is 142 Å². The third-order valence-electron chi connectivity index (χ3n) is 3.79. The van der Waals surface area contributed by atoms with Gasteiger partial charge in [-0.2, -0.15) is 0 Å². The van der Waals surface area contributed by atoms with E-state index in [4.69, 9.17) is 9.47 Å².